The van der Waals surface area contributed by atoms with Gasteiger partial charge in [0.2, 0.25) is 0 Å². The summed E-state index contributed by atoms with van der Waals surface area (Å²) in [7, 11) is -1.63. The van der Waals surface area contributed by atoms with Crippen LogP contribution in [0.15, 0.2) is 46.3 Å². The highest BCUT2D eigenvalue weighted by Crippen LogP contribution is 2.38. The molecule has 1 aromatic carbocycles. The van der Waals surface area contributed by atoms with Gasteiger partial charge < -0.3 is 19.4 Å². The summed E-state index contributed by atoms with van der Waals surface area (Å²) in [5.41, 5.74) is 1.68. The number of nitrogens with zero attached hydrogens (tertiary/aromatic N) is 1. The molecule has 1 fully saturated rings. The SMILES string of the molecule is Cn1cc(-c2cc(S(C)(=O)=O)ccc2OC2CCC(O)CC2)c2cc[nH]c(=O)c21. The van der Waals surface area contributed by atoms with Crippen molar-refractivity contribution in [2.75, 3.05) is 6.26 Å². The molecule has 154 valence electrons. The normalized spacial score (nSPS) is 20.1. The maximum absolute atomic E-state index is 12.3. The Morgan fingerprint density at radius 1 is 1.14 bits per heavy atom. The van der Waals surface area contributed by atoms with Gasteiger partial charge in [0.15, 0.2) is 9.84 Å². The van der Waals surface area contributed by atoms with Gasteiger partial charge in [-0.3, -0.25) is 4.79 Å². The van der Waals surface area contributed by atoms with E-state index in [1.54, 1.807) is 42.1 Å². The van der Waals surface area contributed by atoms with Crippen molar-refractivity contribution in [2.45, 2.75) is 42.8 Å². The zero-order valence-electron chi connectivity index (χ0n) is 16.4. The first kappa shape index (κ1) is 19.7. The Labute approximate surface area is 168 Å². The zero-order chi connectivity index (χ0) is 20.8. The fraction of sp³-hybridized carbons (Fsp3) is 0.381. The number of H-pyrrole nitrogens is 1. The predicted molar refractivity (Wildman–Crippen MR) is 111 cm³/mol. The lowest BCUT2D eigenvalue weighted by Gasteiger charge is -2.27. The van der Waals surface area contributed by atoms with Gasteiger partial charge in [-0.25, -0.2) is 8.42 Å². The molecule has 4 rings (SSSR count). The second kappa shape index (κ2) is 7.35. The number of hydrogen-bond acceptors (Lipinski definition) is 5. The quantitative estimate of drug-likeness (QED) is 0.681. The lowest BCUT2D eigenvalue weighted by molar-refractivity contribution is 0.0668. The maximum atomic E-state index is 12.3. The van der Waals surface area contributed by atoms with Crippen LogP contribution in [0.4, 0.5) is 0 Å². The Kier molecular flexibility index (Phi) is 5.00. The third kappa shape index (κ3) is 3.82. The molecule has 0 bridgehead atoms. The Balaban J connectivity index is 1.86. The Bertz CT molecular complexity index is 1220. The molecule has 3 aromatic rings. The third-order valence-corrected chi connectivity index (χ3v) is 6.62. The highest BCUT2D eigenvalue weighted by molar-refractivity contribution is 7.90. The first-order chi connectivity index (χ1) is 13.7. The first-order valence-electron chi connectivity index (χ1n) is 9.60. The summed E-state index contributed by atoms with van der Waals surface area (Å²) in [6.07, 6.45) is 7.09. The van der Waals surface area contributed by atoms with Crippen molar-refractivity contribution in [3.63, 3.8) is 0 Å². The fourth-order valence-corrected chi connectivity index (χ4v) is 4.62. The number of sulfone groups is 1. The lowest BCUT2D eigenvalue weighted by Crippen LogP contribution is -2.26. The maximum Gasteiger partial charge on any atom is 0.272 e. The smallest absolute Gasteiger partial charge is 0.272 e. The minimum absolute atomic E-state index is 0.0420. The number of fused-ring (bicyclic) bond motifs is 1. The van der Waals surface area contributed by atoms with E-state index >= 15 is 0 Å². The van der Waals surface area contributed by atoms with Crippen molar-refractivity contribution in [3.05, 3.63) is 47.0 Å². The first-order valence-corrected chi connectivity index (χ1v) is 11.5. The largest absolute Gasteiger partial charge is 0.490 e. The van der Waals surface area contributed by atoms with E-state index in [4.69, 9.17) is 4.74 Å². The average molecular weight is 416 g/mol. The summed E-state index contributed by atoms with van der Waals surface area (Å²) in [5, 5.41) is 10.5. The molecule has 1 aliphatic carbocycles. The molecule has 1 saturated carbocycles. The van der Waals surface area contributed by atoms with E-state index in [-0.39, 0.29) is 22.7 Å². The van der Waals surface area contributed by atoms with Crippen LogP contribution in [-0.2, 0) is 16.9 Å². The minimum Gasteiger partial charge on any atom is -0.490 e. The number of rotatable bonds is 4. The highest BCUT2D eigenvalue weighted by Gasteiger charge is 2.24. The van der Waals surface area contributed by atoms with E-state index in [2.05, 4.69) is 4.98 Å². The highest BCUT2D eigenvalue weighted by atomic mass is 32.2. The monoisotopic (exact) mass is 416 g/mol. The van der Waals surface area contributed by atoms with E-state index in [0.29, 0.717) is 29.7 Å². The summed E-state index contributed by atoms with van der Waals surface area (Å²) >= 11 is 0. The average Bonchev–Trinajstić information content (AvgIpc) is 3.01. The lowest BCUT2D eigenvalue weighted by atomic mass is 9.95. The standard InChI is InChI=1S/C21H24N2O5S/c1-23-12-18(16-9-10-22-21(25)20(16)23)17-11-15(29(2,26)27)7-8-19(17)28-14-5-3-13(24)4-6-14/h7-14,24H,3-6H2,1-2H3,(H,22,25). The Hall–Kier alpha value is -2.58. The molecule has 2 N–H and O–H groups in total. The molecule has 29 heavy (non-hydrogen) atoms. The van der Waals surface area contributed by atoms with Crippen LogP contribution in [0.5, 0.6) is 5.75 Å². The Morgan fingerprint density at radius 2 is 1.86 bits per heavy atom. The summed E-state index contributed by atoms with van der Waals surface area (Å²) in [4.78, 5) is 15.1. The van der Waals surface area contributed by atoms with E-state index in [0.717, 1.165) is 23.8 Å². The number of benzene rings is 1. The zero-order valence-corrected chi connectivity index (χ0v) is 17.2. The molecule has 0 aliphatic heterocycles. The molecule has 8 heteroatoms. The van der Waals surface area contributed by atoms with Crippen LogP contribution in [0.3, 0.4) is 0 Å². The van der Waals surface area contributed by atoms with Crippen LogP contribution < -0.4 is 10.3 Å². The summed E-state index contributed by atoms with van der Waals surface area (Å²) < 4.78 is 32.3. The summed E-state index contributed by atoms with van der Waals surface area (Å²) in [6, 6.07) is 6.64. The fourth-order valence-electron chi connectivity index (χ4n) is 3.98. The van der Waals surface area contributed by atoms with E-state index in [1.165, 1.54) is 6.26 Å². The molecule has 2 aromatic heterocycles. The van der Waals surface area contributed by atoms with Crippen LogP contribution in [0.25, 0.3) is 22.0 Å². The Morgan fingerprint density at radius 3 is 2.55 bits per heavy atom. The van der Waals surface area contributed by atoms with Crippen LogP contribution in [0.2, 0.25) is 0 Å². The molecule has 0 unspecified atom stereocenters. The van der Waals surface area contributed by atoms with Gasteiger partial charge in [-0.1, -0.05) is 0 Å². The van der Waals surface area contributed by atoms with Crippen LogP contribution >= 0.6 is 0 Å². The molecule has 0 spiro atoms. The molecule has 7 nitrogen and oxygen atoms in total. The number of aromatic amines is 1. The second-order valence-electron chi connectivity index (χ2n) is 7.70. The number of pyridine rings is 1. The molecule has 2 heterocycles. The minimum atomic E-state index is -3.41. The van der Waals surface area contributed by atoms with Crippen molar-refractivity contribution in [2.24, 2.45) is 7.05 Å². The van der Waals surface area contributed by atoms with Crippen LogP contribution in [0, 0.1) is 0 Å². The molecular formula is C21H24N2O5S. The van der Waals surface area contributed by atoms with Crippen molar-refractivity contribution in [1.82, 2.24) is 9.55 Å². The van der Waals surface area contributed by atoms with Crippen molar-refractivity contribution < 1.29 is 18.3 Å². The molecule has 0 atom stereocenters. The summed E-state index contributed by atoms with van der Waals surface area (Å²) in [5.74, 6) is 0.576. The third-order valence-electron chi connectivity index (χ3n) is 5.51. The molecule has 1 aliphatic rings. The van der Waals surface area contributed by atoms with Gasteiger partial charge in [0.05, 0.1) is 17.1 Å². The van der Waals surface area contributed by atoms with Crippen molar-refractivity contribution >= 4 is 20.7 Å². The van der Waals surface area contributed by atoms with Crippen molar-refractivity contribution in [1.29, 1.82) is 0 Å². The van der Waals surface area contributed by atoms with E-state index in [9.17, 15) is 18.3 Å². The van der Waals surface area contributed by atoms with Gasteiger partial charge in [-0.2, -0.15) is 0 Å². The molecule has 0 radical (unpaired) electrons. The van der Waals surface area contributed by atoms with Gasteiger partial charge in [0.25, 0.3) is 5.56 Å². The van der Waals surface area contributed by atoms with Gasteiger partial charge >= 0.3 is 0 Å². The van der Waals surface area contributed by atoms with Crippen molar-refractivity contribution in [3.8, 4) is 16.9 Å². The molecule has 0 amide bonds. The molecular weight excluding hydrogens is 392 g/mol. The van der Waals surface area contributed by atoms with Gasteiger partial charge in [-0.05, 0) is 49.9 Å². The number of nitrogens with one attached hydrogen (secondary N) is 1. The van der Waals surface area contributed by atoms with E-state index < -0.39 is 9.84 Å². The number of aliphatic hydroxyl groups is 1. The van der Waals surface area contributed by atoms with Crippen LogP contribution in [0.1, 0.15) is 25.7 Å². The van der Waals surface area contributed by atoms with Gasteiger partial charge in [-0.15, -0.1) is 0 Å². The number of aliphatic hydroxyl groups excluding tert-OH is 1. The number of aryl methyl sites for hydroxylation is 1. The number of aromatic nitrogens is 2. The predicted octanol–water partition coefficient (Wildman–Crippen LogP) is 2.62. The van der Waals surface area contributed by atoms with Gasteiger partial charge in [0, 0.05) is 42.2 Å². The second-order valence-corrected chi connectivity index (χ2v) is 9.72. The molecule has 0 saturated heterocycles. The van der Waals surface area contributed by atoms with E-state index in [1.807, 2.05) is 6.20 Å². The van der Waals surface area contributed by atoms with Gasteiger partial charge in [0.1, 0.15) is 11.3 Å². The van der Waals surface area contributed by atoms with Crippen LogP contribution in [-0.4, -0.2) is 41.5 Å². The topological polar surface area (TPSA) is 101 Å². The number of ether oxygens (including phenoxy) is 1. The number of hydrogen-bond donors (Lipinski definition) is 2. The summed E-state index contributed by atoms with van der Waals surface area (Å²) in [6.45, 7) is 0.